The molecule has 2 rings (SSSR count). The molecule has 9 heteroatoms. The molecule has 0 unspecified atom stereocenters. The van der Waals surface area contributed by atoms with Gasteiger partial charge < -0.3 is 25.4 Å². The van der Waals surface area contributed by atoms with E-state index in [2.05, 4.69) is 17.2 Å². The summed E-state index contributed by atoms with van der Waals surface area (Å²) in [7, 11) is 0. The lowest BCUT2D eigenvalue weighted by molar-refractivity contribution is -0.116. The number of amides is 1. The zero-order valence-electron chi connectivity index (χ0n) is 19.1. The molecule has 182 valence electrons. The molecule has 0 radical (unpaired) electrons. The lowest BCUT2D eigenvalue weighted by atomic mass is 10.1. The number of carbonyl (C=O) groups is 1. The Balaban J connectivity index is 1.65. The Hall–Kier alpha value is -1.81. The summed E-state index contributed by atoms with van der Waals surface area (Å²) in [6.07, 6.45) is 10.2. The maximum Gasteiger partial charge on any atom is 0.351 e. The normalized spacial score (nSPS) is 22.9. The van der Waals surface area contributed by atoms with Crippen molar-refractivity contribution >= 4 is 11.7 Å². The zero-order valence-corrected chi connectivity index (χ0v) is 19.1. The molecular weight excluding hydrogens is 414 g/mol. The number of anilines is 1. The van der Waals surface area contributed by atoms with E-state index in [1.165, 1.54) is 63.6 Å². The number of unbranched alkanes of at least 4 members (excludes halogenated alkanes) is 10. The average molecular weight is 454 g/mol. The van der Waals surface area contributed by atoms with Crippen molar-refractivity contribution in [1.82, 2.24) is 9.55 Å². The molecule has 32 heavy (non-hydrogen) atoms. The van der Waals surface area contributed by atoms with Gasteiger partial charge in [0.05, 0.1) is 6.61 Å². The van der Waals surface area contributed by atoms with Crippen molar-refractivity contribution in [3.05, 3.63) is 22.7 Å². The van der Waals surface area contributed by atoms with E-state index in [4.69, 9.17) is 9.84 Å². The molecule has 1 amide bonds. The fourth-order valence-electron chi connectivity index (χ4n) is 3.94. The number of aliphatic hydroxyl groups excluding tert-OH is 3. The van der Waals surface area contributed by atoms with Crippen LogP contribution in [0.1, 0.15) is 90.2 Å². The van der Waals surface area contributed by atoms with Crippen LogP contribution in [0, 0.1) is 0 Å². The SMILES string of the molecule is CCCCCCCCCCCCCC(=O)Nc1ccn([C@@H]2O[C@H](CO)[C@@H](O)[C@@H]2O)c(=O)n1. The minimum atomic E-state index is -1.37. The number of rotatable bonds is 15. The van der Waals surface area contributed by atoms with E-state index in [1.54, 1.807) is 0 Å². The van der Waals surface area contributed by atoms with Crippen LogP contribution in [0.2, 0.25) is 0 Å². The van der Waals surface area contributed by atoms with Crippen LogP contribution in [-0.4, -0.2) is 55.7 Å². The highest BCUT2D eigenvalue weighted by Gasteiger charge is 2.43. The first kappa shape index (κ1) is 26.4. The Labute approximate surface area is 189 Å². The van der Waals surface area contributed by atoms with Gasteiger partial charge in [-0.2, -0.15) is 4.98 Å². The number of nitrogens with zero attached hydrogens (tertiary/aromatic N) is 2. The van der Waals surface area contributed by atoms with Crippen molar-refractivity contribution in [2.45, 2.75) is 109 Å². The first-order valence-corrected chi connectivity index (χ1v) is 12.0. The molecule has 4 N–H and O–H groups in total. The average Bonchev–Trinajstić information content (AvgIpc) is 3.06. The summed E-state index contributed by atoms with van der Waals surface area (Å²) < 4.78 is 6.36. The van der Waals surface area contributed by atoms with Gasteiger partial charge in [0.15, 0.2) is 6.23 Å². The maximum absolute atomic E-state index is 12.3. The number of hydrogen-bond donors (Lipinski definition) is 4. The maximum atomic E-state index is 12.3. The van der Waals surface area contributed by atoms with Crippen molar-refractivity contribution < 1.29 is 24.9 Å². The van der Waals surface area contributed by atoms with Gasteiger partial charge >= 0.3 is 5.69 Å². The Morgan fingerprint density at radius 3 is 2.16 bits per heavy atom. The van der Waals surface area contributed by atoms with E-state index in [0.29, 0.717) is 6.42 Å². The molecule has 1 aromatic rings. The van der Waals surface area contributed by atoms with Crippen LogP contribution in [0.25, 0.3) is 0 Å². The van der Waals surface area contributed by atoms with E-state index in [9.17, 15) is 19.8 Å². The number of aromatic nitrogens is 2. The van der Waals surface area contributed by atoms with Crippen LogP contribution in [0.3, 0.4) is 0 Å². The van der Waals surface area contributed by atoms with Gasteiger partial charge in [-0.05, 0) is 12.5 Å². The first-order valence-electron chi connectivity index (χ1n) is 12.0. The summed E-state index contributed by atoms with van der Waals surface area (Å²) in [6.45, 7) is 1.75. The fraction of sp³-hybridized carbons (Fsp3) is 0.783. The van der Waals surface area contributed by atoms with Gasteiger partial charge in [-0.1, -0.05) is 71.1 Å². The first-order chi connectivity index (χ1) is 15.5. The summed E-state index contributed by atoms with van der Waals surface area (Å²) in [5, 5.41) is 31.7. The molecule has 0 aromatic carbocycles. The molecule has 1 aliphatic heterocycles. The number of carbonyl (C=O) groups excluding carboxylic acids is 1. The molecular formula is C23H39N3O6. The Morgan fingerprint density at radius 2 is 1.62 bits per heavy atom. The largest absolute Gasteiger partial charge is 0.394 e. The standard InChI is InChI=1S/C23H39N3O6/c1-2-3-4-5-6-7-8-9-10-11-12-13-19(28)24-18-14-15-26(23(31)25-18)22-21(30)20(29)17(16-27)32-22/h14-15,17,20-22,27,29-30H,2-13,16H2,1H3,(H,24,25,28,31)/t17-,20-,21+,22-/m1/s1. The van der Waals surface area contributed by atoms with E-state index < -0.39 is 36.8 Å². The number of ether oxygens (including phenoxy) is 1. The quantitative estimate of drug-likeness (QED) is 0.300. The van der Waals surface area contributed by atoms with Gasteiger partial charge in [0.1, 0.15) is 24.1 Å². The predicted octanol–water partition coefficient (Wildman–Crippen LogP) is 2.49. The zero-order chi connectivity index (χ0) is 23.3. The number of nitrogens with one attached hydrogen (secondary N) is 1. The van der Waals surface area contributed by atoms with Gasteiger partial charge in [0.2, 0.25) is 5.91 Å². The van der Waals surface area contributed by atoms with Crippen LogP contribution in [0.15, 0.2) is 17.1 Å². The van der Waals surface area contributed by atoms with Crippen molar-refractivity contribution in [3.8, 4) is 0 Å². The van der Waals surface area contributed by atoms with Gasteiger partial charge in [-0.25, -0.2) is 4.79 Å². The van der Waals surface area contributed by atoms with E-state index >= 15 is 0 Å². The molecule has 1 aliphatic rings. The van der Waals surface area contributed by atoms with Gasteiger partial charge in [-0.15, -0.1) is 0 Å². The van der Waals surface area contributed by atoms with Gasteiger partial charge in [0, 0.05) is 12.6 Å². The van der Waals surface area contributed by atoms with Crippen molar-refractivity contribution in [2.75, 3.05) is 11.9 Å². The van der Waals surface area contributed by atoms with Crippen molar-refractivity contribution in [3.63, 3.8) is 0 Å². The second kappa shape index (κ2) is 14.4. The molecule has 4 atom stereocenters. The molecule has 1 saturated heterocycles. The lowest BCUT2D eigenvalue weighted by Gasteiger charge is -2.17. The van der Waals surface area contributed by atoms with E-state index in [1.807, 2.05) is 0 Å². The Bertz CT molecular complexity index is 741. The third kappa shape index (κ3) is 8.27. The van der Waals surface area contributed by atoms with E-state index in [0.717, 1.165) is 23.8 Å². The molecule has 0 bridgehead atoms. The summed E-state index contributed by atoms with van der Waals surface area (Å²) in [4.78, 5) is 28.2. The van der Waals surface area contributed by atoms with Crippen molar-refractivity contribution in [2.24, 2.45) is 0 Å². The fourth-order valence-corrected chi connectivity index (χ4v) is 3.94. The smallest absolute Gasteiger partial charge is 0.351 e. The Morgan fingerprint density at radius 1 is 1.03 bits per heavy atom. The summed E-state index contributed by atoms with van der Waals surface area (Å²) in [6, 6.07) is 1.44. The number of aliphatic hydroxyl groups is 3. The van der Waals surface area contributed by atoms with E-state index in [-0.39, 0.29) is 11.7 Å². The summed E-state index contributed by atoms with van der Waals surface area (Å²) >= 11 is 0. The molecule has 1 aromatic heterocycles. The van der Waals surface area contributed by atoms with Crippen LogP contribution in [0.4, 0.5) is 5.82 Å². The van der Waals surface area contributed by atoms with Crippen LogP contribution in [0.5, 0.6) is 0 Å². The van der Waals surface area contributed by atoms with Crippen LogP contribution in [-0.2, 0) is 9.53 Å². The third-order valence-electron chi connectivity index (χ3n) is 5.90. The highest BCUT2D eigenvalue weighted by atomic mass is 16.6. The minimum Gasteiger partial charge on any atom is -0.394 e. The molecule has 0 saturated carbocycles. The molecule has 0 aliphatic carbocycles. The van der Waals surface area contributed by atoms with Gasteiger partial charge in [-0.3, -0.25) is 9.36 Å². The van der Waals surface area contributed by atoms with Crippen LogP contribution >= 0.6 is 0 Å². The lowest BCUT2D eigenvalue weighted by Crippen LogP contribution is -2.36. The second-order valence-corrected chi connectivity index (χ2v) is 8.57. The highest BCUT2D eigenvalue weighted by Crippen LogP contribution is 2.28. The topological polar surface area (TPSA) is 134 Å². The molecule has 2 heterocycles. The summed E-state index contributed by atoms with van der Waals surface area (Å²) in [5.74, 6) is -0.0652. The molecule has 1 fully saturated rings. The predicted molar refractivity (Wildman–Crippen MR) is 121 cm³/mol. The Kier molecular flexibility index (Phi) is 11.9. The van der Waals surface area contributed by atoms with Gasteiger partial charge in [0.25, 0.3) is 0 Å². The second-order valence-electron chi connectivity index (χ2n) is 8.57. The monoisotopic (exact) mass is 453 g/mol. The molecule has 0 spiro atoms. The minimum absolute atomic E-state index is 0.131. The third-order valence-corrected chi connectivity index (χ3v) is 5.90. The van der Waals surface area contributed by atoms with Crippen molar-refractivity contribution in [1.29, 1.82) is 0 Å². The van der Waals surface area contributed by atoms with Crippen LogP contribution < -0.4 is 11.0 Å². The highest BCUT2D eigenvalue weighted by molar-refractivity contribution is 5.89. The molecule has 9 nitrogen and oxygen atoms in total. The summed E-state index contributed by atoms with van der Waals surface area (Å²) in [5.41, 5.74) is -0.729. The number of hydrogen-bond acceptors (Lipinski definition) is 7.